The minimum Gasteiger partial charge on any atom is -0.496 e. The van der Waals surface area contributed by atoms with E-state index in [0.29, 0.717) is 0 Å². The van der Waals surface area contributed by atoms with Gasteiger partial charge in [-0.25, -0.2) is 26.0 Å². The third-order valence-corrected chi connectivity index (χ3v) is 6.93. The monoisotopic (exact) mass is 514 g/mol. The van der Waals surface area contributed by atoms with Crippen molar-refractivity contribution in [3.8, 4) is 16.9 Å². The molecule has 1 aliphatic rings. The number of hydrogen-bond acceptors (Lipinski definition) is 4. The lowest BCUT2D eigenvalue weighted by Crippen LogP contribution is -2.28. The zero-order valence-corrected chi connectivity index (χ0v) is 19.0. The number of sulfonamides is 1. The van der Waals surface area contributed by atoms with Crippen LogP contribution in [0.4, 0.5) is 23.2 Å². The van der Waals surface area contributed by atoms with Crippen LogP contribution < -0.4 is 14.8 Å². The molecule has 34 heavy (non-hydrogen) atoms. The first kappa shape index (κ1) is 23.8. The molecular weight excluding hydrogens is 500 g/mol. The molecule has 0 radical (unpaired) electrons. The maximum absolute atomic E-state index is 14.9. The molecule has 1 heterocycles. The Labute approximate surface area is 196 Å². The number of nitrogens with one attached hydrogen (secondary N) is 2. The first-order chi connectivity index (χ1) is 16.0. The molecule has 0 aromatic heterocycles. The van der Waals surface area contributed by atoms with E-state index in [1.165, 1.54) is 32.2 Å². The lowest BCUT2D eigenvalue weighted by molar-refractivity contribution is 0.0936. The molecule has 0 saturated carbocycles. The van der Waals surface area contributed by atoms with Crippen LogP contribution in [0.2, 0.25) is 5.02 Å². The summed E-state index contributed by atoms with van der Waals surface area (Å²) in [6.07, 6.45) is 0. The van der Waals surface area contributed by atoms with E-state index in [1.807, 2.05) is 0 Å². The van der Waals surface area contributed by atoms with Crippen LogP contribution in [0.3, 0.4) is 0 Å². The summed E-state index contributed by atoms with van der Waals surface area (Å²) in [5.74, 6) is -6.50. The van der Waals surface area contributed by atoms with E-state index in [4.69, 9.17) is 16.3 Å². The lowest BCUT2D eigenvalue weighted by atomic mass is 9.98. The molecule has 0 bridgehead atoms. The molecule has 1 amide bonds. The van der Waals surface area contributed by atoms with Gasteiger partial charge in [0.25, 0.3) is 15.9 Å². The largest absolute Gasteiger partial charge is 0.496 e. The fourth-order valence-corrected chi connectivity index (χ4v) is 4.85. The van der Waals surface area contributed by atoms with Crippen molar-refractivity contribution in [1.29, 1.82) is 0 Å². The maximum Gasteiger partial charge on any atom is 0.264 e. The van der Waals surface area contributed by atoms with Gasteiger partial charge in [-0.1, -0.05) is 23.7 Å². The minimum atomic E-state index is -4.04. The fourth-order valence-electron chi connectivity index (χ4n) is 3.57. The summed E-state index contributed by atoms with van der Waals surface area (Å²) in [5, 5.41) is 2.75. The average molecular weight is 515 g/mol. The van der Waals surface area contributed by atoms with Crippen molar-refractivity contribution in [2.75, 3.05) is 11.8 Å². The molecule has 12 heteroatoms. The van der Waals surface area contributed by atoms with Gasteiger partial charge in [0.15, 0.2) is 23.3 Å². The topological polar surface area (TPSA) is 84.5 Å². The van der Waals surface area contributed by atoms with Crippen LogP contribution in [-0.4, -0.2) is 21.4 Å². The van der Waals surface area contributed by atoms with E-state index in [0.717, 1.165) is 18.2 Å². The highest BCUT2D eigenvalue weighted by Crippen LogP contribution is 2.42. The highest BCUT2D eigenvalue weighted by molar-refractivity contribution is 7.94. The second kappa shape index (κ2) is 8.48. The molecule has 1 aliphatic heterocycles. The summed E-state index contributed by atoms with van der Waals surface area (Å²) in [5.41, 5.74) is -2.24. The van der Waals surface area contributed by atoms with Crippen LogP contribution in [0, 0.1) is 23.3 Å². The van der Waals surface area contributed by atoms with E-state index >= 15 is 0 Å². The molecular formula is C22H15ClF4N2O4S. The second-order valence-corrected chi connectivity index (χ2v) is 9.49. The van der Waals surface area contributed by atoms with Gasteiger partial charge in [-0.05, 0) is 31.2 Å². The zero-order valence-electron chi connectivity index (χ0n) is 17.5. The number of ether oxygens (including phenoxy) is 1. The molecule has 178 valence electrons. The van der Waals surface area contributed by atoms with Gasteiger partial charge in [0, 0.05) is 21.7 Å². The quantitative estimate of drug-likeness (QED) is 0.460. The summed E-state index contributed by atoms with van der Waals surface area (Å²) >= 11 is 5.92. The second-order valence-electron chi connectivity index (χ2n) is 7.40. The third-order valence-electron chi connectivity index (χ3n) is 5.32. The van der Waals surface area contributed by atoms with Crippen LogP contribution >= 0.6 is 11.6 Å². The normalized spacial score (nSPS) is 14.4. The Balaban J connectivity index is 1.68. The van der Waals surface area contributed by atoms with Gasteiger partial charge >= 0.3 is 0 Å². The van der Waals surface area contributed by atoms with Crippen molar-refractivity contribution in [1.82, 2.24) is 5.32 Å². The van der Waals surface area contributed by atoms with E-state index in [-0.39, 0.29) is 21.9 Å². The summed E-state index contributed by atoms with van der Waals surface area (Å²) in [6, 6.07) is 6.05. The number of carbonyl (C=O) groups excluding carboxylic acids is 1. The molecule has 1 atom stereocenters. The number of hydrogen-bond donors (Lipinski definition) is 2. The molecule has 4 rings (SSSR count). The Morgan fingerprint density at radius 1 is 1.00 bits per heavy atom. The van der Waals surface area contributed by atoms with Gasteiger partial charge in [-0.2, -0.15) is 0 Å². The van der Waals surface area contributed by atoms with Gasteiger partial charge in [0.05, 0.1) is 18.7 Å². The Bertz CT molecular complexity index is 1460. The molecule has 0 spiro atoms. The Morgan fingerprint density at radius 2 is 1.68 bits per heavy atom. The number of methoxy groups -OCH3 is 1. The summed E-state index contributed by atoms with van der Waals surface area (Å²) in [6.45, 7) is 1.39. The third kappa shape index (κ3) is 3.84. The van der Waals surface area contributed by atoms with Crippen molar-refractivity contribution in [3.05, 3.63) is 75.8 Å². The molecule has 0 saturated heterocycles. The van der Waals surface area contributed by atoms with E-state index in [9.17, 15) is 30.8 Å². The van der Waals surface area contributed by atoms with Crippen LogP contribution in [0.5, 0.6) is 5.75 Å². The van der Waals surface area contributed by atoms with Crippen molar-refractivity contribution in [2.24, 2.45) is 0 Å². The molecule has 2 N–H and O–H groups in total. The molecule has 6 nitrogen and oxygen atoms in total. The number of halogens is 5. The number of carbonyl (C=O) groups is 1. The predicted octanol–water partition coefficient (Wildman–Crippen LogP) is 5.18. The van der Waals surface area contributed by atoms with Crippen molar-refractivity contribution >= 4 is 33.2 Å². The van der Waals surface area contributed by atoms with Crippen molar-refractivity contribution in [3.63, 3.8) is 0 Å². The molecule has 3 aromatic rings. The van der Waals surface area contributed by atoms with Gasteiger partial charge in [-0.3, -0.25) is 9.52 Å². The van der Waals surface area contributed by atoms with Gasteiger partial charge in [0.2, 0.25) is 0 Å². The maximum atomic E-state index is 14.9. The molecule has 0 aliphatic carbocycles. The van der Waals surface area contributed by atoms with Crippen molar-refractivity contribution in [2.45, 2.75) is 17.9 Å². The van der Waals surface area contributed by atoms with Gasteiger partial charge in [0.1, 0.15) is 16.3 Å². The minimum absolute atomic E-state index is 0.0637. The Morgan fingerprint density at radius 3 is 2.32 bits per heavy atom. The average Bonchev–Trinajstić information content (AvgIpc) is 2.78. The smallest absolute Gasteiger partial charge is 0.264 e. The summed E-state index contributed by atoms with van der Waals surface area (Å²) in [4.78, 5) is 12.1. The van der Waals surface area contributed by atoms with Crippen LogP contribution in [0.1, 0.15) is 28.9 Å². The highest BCUT2D eigenvalue weighted by Gasteiger charge is 2.37. The summed E-state index contributed by atoms with van der Waals surface area (Å²) < 4.78 is 88.8. The first-order valence-electron chi connectivity index (χ1n) is 9.63. The van der Waals surface area contributed by atoms with E-state index in [2.05, 4.69) is 5.32 Å². The Hall–Kier alpha value is -3.31. The Kier molecular flexibility index (Phi) is 5.94. The zero-order chi connectivity index (χ0) is 24.9. The van der Waals surface area contributed by atoms with Crippen LogP contribution in [0.15, 0.2) is 41.3 Å². The number of anilines is 1. The lowest BCUT2D eigenvalue weighted by Gasteiger charge is -2.24. The van der Waals surface area contributed by atoms with Gasteiger partial charge in [-0.15, -0.1) is 0 Å². The standard InChI is InChI=1S/C22H15ClF4N2O4S/c1-9(28-22(30)14-7-10(23)3-6-15(14)33-2)11-4-5-12(18(25)17(11)24)13-8-16-21(20(27)19(13)26)29-34(16,31)32/h3-9,29H,1-2H3,(H,28,30). The number of fused-ring (bicyclic) bond motifs is 1. The predicted molar refractivity (Wildman–Crippen MR) is 116 cm³/mol. The van der Waals surface area contributed by atoms with Gasteiger partial charge < -0.3 is 10.1 Å². The van der Waals surface area contributed by atoms with Crippen LogP contribution in [-0.2, 0) is 10.0 Å². The summed E-state index contributed by atoms with van der Waals surface area (Å²) in [7, 11) is -2.70. The van der Waals surface area contributed by atoms with Crippen LogP contribution in [0.25, 0.3) is 11.1 Å². The van der Waals surface area contributed by atoms with E-state index in [1.54, 1.807) is 4.72 Å². The number of benzene rings is 3. The fraction of sp³-hybridized carbons (Fsp3) is 0.136. The van der Waals surface area contributed by atoms with Crippen molar-refractivity contribution < 1.29 is 35.5 Å². The molecule has 1 unspecified atom stereocenters. The first-order valence-corrected chi connectivity index (χ1v) is 11.5. The highest BCUT2D eigenvalue weighted by atomic mass is 35.5. The molecule has 0 fully saturated rings. The number of amides is 1. The molecule has 3 aromatic carbocycles. The SMILES string of the molecule is COc1ccc(Cl)cc1C(=O)NC(C)c1ccc(-c2cc3c(c(F)c2F)NS3(=O)=O)c(F)c1F. The van der Waals surface area contributed by atoms with E-state index < -0.39 is 67.0 Å². The number of rotatable bonds is 5.